The molecule has 0 radical (unpaired) electrons. The van der Waals surface area contributed by atoms with Crippen LogP contribution in [0.25, 0.3) is 0 Å². The SMILES string of the molecule is Nc1cccc(C(=O)OCC(O)C2OC(=O)C(O)C2=O)c1. The quantitative estimate of drug-likeness (QED) is 0.352. The number of benzene rings is 1. The van der Waals surface area contributed by atoms with Crippen molar-refractivity contribution >= 4 is 23.4 Å². The monoisotopic (exact) mass is 295 g/mol. The van der Waals surface area contributed by atoms with Crippen LogP contribution in [0.5, 0.6) is 0 Å². The van der Waals surface area contributed by atoms with Crippen LogP contribution in [-0.4, -0.2) is 52.9 Å². The minimum atomic E-state index is -1.91. The van der Waals surface area contributed by atoms with E-state index in [2.05, 4.69) is 4.74 Å². The van der Waals surface area contributed by atoms with E-state index in [0.29, 0.717) is 5.69 Å². The van der Waals surface area contributed by atoms with Gasteiger partial charge in [-0.3, -0.25) is 4.79 Å². The molecule has 21 heavy (non-hydrogen) atoms. The Hall–Kier alpha value is -2.45. The average molecular weight is 295 g/mol. The number of anilines is 1. The van der Waals surface area contributed by atoms with E-state index in [0.717, 1.165) is 0 Å². The zero-order chi connectivity index (χ0) is 15.6. The summed E-state index contributed by atoms with van der Waals surface area (Å²) in [5.74, 6) is -2.85. The maximum atomic E-state index is 11.7. The molecule has 1 aromatic rings. The van der Waals surface area contributed by atoms with Gasteiger partial charge in [0.15, 0.2) is 6.10 Å². The fraction of sp³-hybridized carbons (Fsp3) is 0.308. The number of nitrogen functional groups attached to an aromatic ring is 1. The molecule has 2 rings (SSSR count). The Morgan fingerprint density at radius 3 is 2.71 bits per heavy atom. The molecule has 112 valence electrons. The summed E-state index contributed by atoms with van der Waals surface area (Å²) >= 11 is 0. The van der Waals surface area contributed by atoms with Crippen LogP contribution >= 0.6 is 0 Å². The number of carbonyl (C=O) groups excluding carboxylic acids is 3. The van der Waals surface area contributed by atoms with E-state index in [9.17, 15) is 19.5 Å². The van der Waals surface area contributed by atoms with Crippen LogP contribution < -0.4 is 5.73 Å². The van der Waals surface area contributed by atoms with Crippen LogP contribution in [0.1, 0.15) is 10.4 Å². The summed E-state index contributed by atoms with van der Waals surface area (Å²) in [5, 5.41) is 18.8. The van der Waals surface area contributed by atoms with Crippen molar-refractivity contribution in [1.29, 1.82) is 0 Å². The van der Waals surface area contributed by atoms with Gasteiger partial charge in [0.1, 0.15) is 12.7 Å². The van der Waals surface area contributed by atoms with Crippen LogP contribution in [0.15, 0.2) is 24.3 Å². The number of cyclic esters (lactones) is 1. The number of ether oxygens (including phenoxy) is 2. The second-order valence-electron chi connectivity index (χ2n) is 4.45. The van der Waals surface area contributed by atoms with Crippen molar-refractivity contribution in [1.82, 2.24) is 0 Å². The lowest BCUT2D eigenvalue weighted by atomic mass is 10.1. The molecule has 1 aliphatic heterocycles. The summed E-state index contributed by atoms with van der Waals surface area (Å²) in [6.07, 6.45) is -5.00. The van der Waals surface area contributed by atoms with E-state index in [1.807, 2.05) is 0 Å². The zero-order valence-electron chi connectivity index (χ0n) is 10.8. The molecule has 4 N–H and O–H groups in total. The summed E-state index contributed by atoms with van der Waals surface area (Å²) in [6.45, 7) is -0.565. The zero-order valence-corrected chi connectivity index (χ0v) is 10.8. The molecular formula is C13H13NO7. The van der Waals surface area contributed by atoms with Crippen molar-refractivity contribution < 1.29 is 34.1 Å². The molecular weight excluding hydrogens is 282 g/mol. The van der Waals surface area contributed by atoms with E-state index < -0.39 is 42.6 Å². The Kier molecular flexibility index (Phi) is 4.20. The molecule has 0 spiro atoms. The van der Waals surface area contributed by atoms with Crippen LogP contribution in [0.4, 0.5) is 5.69 Å². The number of rotatable bonds is 4. The Bertz CT molecular complexity index is 586. The van der Waals surface area contributed by atoms with Gasteiger partial charge in [-0.25, -0.2) is 9.59 Å². The summed E-state index contributed by atoms with van der Waals surface area (Å²) in [6, 6.07) is 6.00. The molecule has 0 aromatic heterocycles. The van der Waals surface area contributed by atoms with Crippen LogP contribution in [0.2, 0.25) is 0 Å². The van der Waals surface area contributed by atoms with E-state index in [1.165, 1.54) is 12.1 Å². The smallest absolute Gasteiger partial charge is 0.343 e. The Morgan fingerprint density at radius 2 is 2.14 bits per heavy atom. The first-order valence-electron chi connectivity index (χ1n) is 6.03. The third-order valence-corrected chi connectivity index (χ3v) is 2.87. The number of hydrogen-bond acceptors (Lipinski definition) is 8. The lowest BCUT2D eigenvalue weighted by Crippen LogP contribution is -2.38. The lowest BCUT2D eigenvalue weighted by Gasteiger charge is -2.15. The van der Waals surface area contributed by atoms with E-state index in [-0.39, 0.29) is 5.56 Å². The number of aliphatic hydroxyl groups is 2. The second-order valence-corrected chi connectivity index (χ2v) is 4.45. The van der Waals surface area contributed by atoms with Crippen molar-refractivity contribution in [3.63, 3.8) is 0 Å². The van der Waals surface area contributed by atoms with Gasteiger partial charge in [0, 0.05) is 5.69 Å². The highest BCUT2D eigenvalue weighted by Crippen LogP contribution is 2.15. The molecule has 1 saturated heterocycles. The molecule has 3 unspecified atom stereocenters. The Labute approximate surface area is 119 Å². The number of aliphatic hydroxyl groups excluding tert-OH is 2. The first kappa shape index (κ1) is 14.9. The van der Waals surface area contributed by atoms with Crippen molar-refractivity contribution in [3.8, 4) is 0 Å². The van der Waals surface area contributed by atoms with E-state index >= 15 is 0 Å². The fourth-order valence-corrected chi connectivity index (χ4v) is 1.79. The van der Waals surface area contributed by atoms with Gasteiger partial charge in [0.05, 0.1) is 5.56 Å². The Balaban J connectivity index is 1.92. The highest BCUT2D eigenvalue weighted by molar-refractivity contribution is 6.09. The molecule has 1 aromatic carbocycles. The maximum absolute atomic E-state index is 11.7. The van der Waals surface area contributed by atoms with Crippen molar-refractivity contribution in [2.45, 2.75) is 18.3 Å². The fourth-order valence-electron chi connectivity index (χ4n) is 1.79. The largest absolute Gasteiger partial charge is 0.459 e. The number of Topliss-reactive ketones (excluding diaryl/α,β-unsaturated/α-hetero) is 1. The second kappa shape index (κ2) is 5.90. The van der Waals surface area contributed by atoms with Gasteiger partial charge in [-0.2, -0.15) is 0 Å². The summed E-state index contributed by atoms with van der Waals surface area (Å²) in [4.78, 5) is 34.1. The third kappa shape index (κ3) is 3.18. The number of ketones is 1. The van der Waals surface area contributed by atoms with Crippen LogP contribution in [-0.2, 0) is 19.1 Å². The van der Waals surface area contributed by atoms with Crippen LogP contribution in [0.3, 0.4) is 0 Å². The summed E-state index contributed by atoms with van der Waals surface area (Å²) in [5.41, 5.74) is 6.06. The standard InChI is InChI=1S/C13H13NO7/c14-7-3-1-2-6(4-7)12(18)20-5-8(15)11-9(16)10(17)13(19)21-11/h1-4,8,10-11,15,17H,5,14H2. The van der Waals surface area contributed by atoms with Gasteiger partial charge in [-0.1, -0.05) is 6.07 Å². The van der Waals surface area contributed by atoms with Gasteiger partial charge in [0.2, 0.25) is 11.9 Å². The van der Waals surface area contributed by atoms with E-state index in [4.69, 9.17) is 15.6 Å². The van der Waals surface area contributed by atoms with Crippen molar-refractivity contribution in [2.75, 3.05) is 12.3 Å². The predicted molar refractivity (Wildman–Crippen MR) is 68.0 cm³/mol. The molecule has 1 fully saturated rings. The molecule has 1 heterocycles. The minimum absolute atomic E-state index is 0.178. The number of esters is 2. The van der Waals surface area contributed by atoms with Crippen molar-refractivity contribution in [2.24, 2.45) is 0 Å². The normalized spacial score (nSPS) is 22.8. The molecule has 1 aliphatic rings. The van der Waals surface area contributed by atoms with E-state index in [1.54, 1.807) is 12.1 Å². The van der Waals surface area contributed by atoms with Crippen molar-refractivity contribution in [3.05, 3.63) is 29.8 Å². The van der Waals surface area contributed by atoms with Gasteiger partial charge in [-0.05, 0) is 18.2 Å². The van der Waals surface area contributed by atoms with Gasteiger partial charge in [-0.15, -0.1) is 0 Å². The average Bonchev–Trinajstić information content (AvgIpc) is 2.72. The number of hydrogen-bond donors (Lipinski definition) is 3. The molecule has 0 bridgehead atoms. The van der Waals surface area contributed by atoms with Gasteiger partial charge < -0.3 is 25.4 Å². The maximum Gasteiger partial charge on any atom is 0.343 e. The minimum Gasteiger partial charge on any atom is -0.459 e. The molecule has 8 heteroatoms. The summed E-state index contributed by atoms with van der Waals surface area (Å²) < 4.78 is 9.31. The Morgan fingerprint density at radius 1 is 1.43 bits per heavy atom. The highest BCUT2D eigenvalue weighted by atomic mass is 16.6. The number of carbonyl (C=O) groups is 3. The topological polar surface area (TPSA) is 136 Å². The predicted octanol–water partition coefficient (Wildman–Crippen LogP) is -1.36. The molecule has 3 atom stereocenters. The highest BCUT2D eigenvalue weighted by Gasteiger charge is 2.46. The first-order valence-corrected chi connectivity index (χ1v) is 6.03. The van der Waals surface area contributed by atoms with Crippen LogP contribution in [0, 0.1) is 0 Å². The molecule has 8 nitrogen and oxygen atoms in total. The third-order valence-electron chi connectivity index (χ3n) is 2.87. The van der Waals surface area contributed by atoms with Gasteiger partial charge >= 0.3 is 11.9 Å². The molecule has 0 amide bonds. The molecule has 0 saturated carbocycles. The first-order chi connectivity index (χ1) is 9.90. The van der Waals surface area contributed by atoms with Gasteiger partial charge in [0.25, 0.3) is 0 Å². The lowest BCUT2D eigenvalue weighted by molar-refractivity contribution is -0.151. The number of nitrogens with two attached hydrogens (primary N) is 1. The molecule has 0 aliphatic carbocycles. The summed E-state index contributed by atoms with van der Waals surface area (Å²) in [7, 11) is 0.